The number of benzene rings is 1. The lowest BCUT2D eigenvalue weighted by Gasteiger charge is -2.09. The average Bonchev–Trinajstić information content (AvgIpc) is 3.18. The molecule has 1 amide bonds. The Kier molecular flexibility index (Phi) is 5.12. The van der Waals surface area contributed by atoms with Gasteiger partial charge in [-0.2, -0.15) is 0 Å². The lowest BCUT2D eigenvalue weighted by molar-refractivity contribution is -0.122. The quantitative estimate of drug-likeness (QED) is 0.882. The minimum Gasteiger partial charge on any atom is -0.354 e. The number of nitrogens with one attached hydrogen (secondary N) is 2. The third-order valence-corrected chi connectivity index (χ3v) is 5.53. The molecule has 1 saturated heterocycles. The summed E-state index contributed by atoms with van der Waals surface area (Å²) < 4.78 is 0. The summed E-state index contributed by atoms with van der Waals surface area (Å²) in [5.41, 5.74) is 2.21. The van der Waals surface area contributed by atoms with Crippen LogP contribution in [0.25, 0.3) is 11.3 Å². The van der Waals surface area contributed by atoms with Crippen LogP contribution in [0.2, 0.25) is 0 Å². The summed E-state index contributed by atoms with van der Waals surface area (Å²) in [7, 11) is 0. The smallest absolute Gasteiger partial charge is 0.238 e. The Balaban J connectivity index is 1.56. The van der Waals surface area contributed by atoms with E-state index in [4.69, 9.17) is 4.98 Å². The van der Waals surface area contributed by atoms with Crippen LogP contribution in [-0.4, -0.2) is 35.1 Å². The van der Waals surface area contributed by atoms with Crippen molar-refractivity contribution in [3.05, 3.63) is 40.2 Å². The zero-order valence-corrected chi connectivity index (χ0v) is 14.1. The predicted octanol–water partition coefficient (Wildman–Crippen LogP) is 2.44. The number of hydrogen-bond donors (Lipinski definition) is 2. The molecule has 22 heavy (non-hydrogen) atoms. The summed E-state index contributed by atoms with van der Waals surface area (Å²) in [5, 5.41) is 7.25. The molecule has 0 aliphatic carbocycles. The maximum absolute atomic E-state index is 11.9. The van der Waals surface area contributed by atoms with Gasteiger partial charge in [0.25, 0.3) is 0 Å². The van der Waals surface area contributed by atoms with Gasteiger partial charge in [0.1, 0.15) is 0 Å². The van der Waals surface area contributed by atoms with Gasteiger partial charge in [-0.15, -0.1) is 23.1 Å². The van der Waals surface area contributed by atoms with E-state index in [1.165, 1.54) is 4.88 Å². The zero-order chi connectivity index (χ0) is 15.4. The minimum atomic E-state index is -0.0390. The van der Waals surface area contributed by atoms with Gasteiger partial charge in [-0.3, -0.25) is 10.1 Å². The Morgan fingerprint density at radius 2 is 2.23 bits per heavy atom. The molecule has 2 heterocycles. The van der Waals surface area contributed by atoms with E-state index in [-0.39, 0.29) is 11.9 Å². The van der Waals surface area contributed by atoms with Crippen LogP contribution in [0.15, 0.2) is 30.3 Å². The molecule has 2 aromatic rings. The molecule has 1 fully saturated rings. The van der Waals surface area contributed by atoms with E-state index in [2.05, 4.69) is 29.7 Å². The lowest BCUT2D eigenvalue weighted by Crippen LogP contribution is -2.42. The summed E-state index contributed by atoms with van der Waals surface area (Å²) >= 11 is 3.47. The molecule has 0 radical (unpaired) electrons. The fourth-order valence-corrected chi connectivity index (χ4v) is 4.30. The van der Waals surface area contributed by atoms with Crippen molar-refractivity contribution in [3.63, 3.8) is 0 Å². The average molecular weight is 333 g/mol. The molecule has 116 valence electrons. The first-order valence-electron chi connectivity index (χ1n) is 7.34. The molecule has 1 unspecified atom stereocenters. The van der Waals surface area contributed by atoms with Gasteiger partial charge in [-0.25, -0.2) is 4.98 Å². The first kappa shape index (κ1) is 15.5. The molecule has 1 aromatic carbocycles. The molecule has 1 aliphatic rings. The fourth-order valence-electron chi connectivity index (χ4n) is 2.40. The summed E-state index contributed by atoms with van der Waals surface area (Å²) in [6, 6.07) is 10.2. The summed E-state index contributed by atoms with van der Waals surface area (Å²) in [6.45, 7) is 2.74. The lowest BCUT2D eigenvalue weighted by atomic mass is 10.1. The van der Waals surface area contributed by atoms with Crippen LogP contribution in [0.4, 0.5) is 0 Å². The highest BCUT2D eigenvalue weighted by Crippen LogP contribution is 2.27. The standard InChI is InChI=1S/C16H19N3OS2/c1-11-15(12-5-3-2-4-6-12)19-14(22-11)7-8-17-16(20)13-9-21-10-18-13/h2-6,13,18H,7-10H2,1H3,(H,17,20). The van der Waals surface area contributed by atoms with Gasteiger partial charge < -0.3 is 5.32 Å². The fraction of sp³-hybridized carbons (Fsp3) is 0.375. The van der Waals surface area contributed by atoms with Crippen LogP contribution < -0.4 is 10.6 Å². The number of aromatic nitrogens is 1. The van der Waals surface area contributed by atoms with Crippen LogP contribution in [0.3, 0.4) is 0 Å². The Labute approximate surface area is 138 Å². The van der Waals surface area contributed by atoms with Gasteiger partial charge in [0, 0.05) is 35.0 Å². The Hall–Kier alpha value is -1.37. The highest BCUT2D eigenvalue weighted by molar-refractivity contribution is 7.99. The van der Waals surface area contributed by atoms with Crippen molar-refractivity contribution in [2.24, 2.45) is 0 Å². The monoisotopic (exact) mass is 333 g/mol. The minimum absolute atomic E-state index is 0.0390. The van der Waals surface area contributed by atoms with Gasteiger partial charge in [0.15, 0.2) is 0 Å². The molecule has 3 rings (SSSR count). The normalized spacial score (nSPS) is 17.6. The molecule has 6 heteroatoms. The summed E-state index contributed by atoms with van der Waals surface area (Å²) in [5.74, 6) is 1.83. The molecule has 2 N–H and O–H groups in total. The van der Waals surface area contributed by atoms with E-state index in [1.54, 1.807) is 23.1 Å². The van der Waals surface area contributed by atoms with Crippen LogP contribution in [0.1, 0.15) is 9.88 Å². The second-order valence-corrected chi connectivity index (χ2v) is 7.51. The first-order chi connectivity index (χ1) is 10.7. The Morgan fingerprint density at radius 3 is 2.95 bits per heavy atom. The number of amides is 1. The number of nitrogens with zero attached hydrogens (tertiary/aromatic N) is 1. The molecule has 0 spiro atoms. The Morgan fingerprint density at radius 1 is 1.41 bits per heavy atom. The highest BCUT2D eigenvalue weighted by atomic mass is 32.2. The SMILES string of the molecule is Cc1sc(CCNC(=O)C2CSCN2)nc1-c1ccccc1. The van der Waals surface area contributed by atoms with E-state index in [9.17, 15) is 4.79 Å². The second-order valence-electron chi connectivity index (χ2n) is 5.19. The van der Waals surface area contributed by atoms with Crippen LogP contribution in [0.5, 0.6) is 0 Å². The molecule has 1 aliphatic heterocycles. The topological polar surface area (TPSA) is 54.0 Å². The second kappa shape index (κ2) is 7.26. The summed E-state index contributed by atoms with van der Waals surface area (Å²) in [6.07, 6.45) is 0.782. The van der Waals surface area contributed by atoms with Crippen molar-refractivity contribution >= 4 is 29.0 Å². The Bertz CT molecular complexity index is 636. The third kappa shape index (κ3) is 3.69. The largest absolute Gasteiger partial charge is 0.354 e. The van der Waals surface area contributed by atoms with Crippen molar-refractivity contribution in [2.45, 2.75) is 19.4 Å². The van der Waals surface area contributed by atoms with Crippen molar-refractivity contribution in [1.29, 1.82) is 0 Å². The van der Waals surface area contributed by atoms with Gasteiger partial charge >= 0.3 is 0 Å². The van der Waals surface area contributed by atoms with E-state index in [1.807, 2.05) is 18.2 Å². The molecule has 1 atom stereocenters. The number of thioether (sulfide) groups is 1. The van der Waals surface area contributed by atoms with Crippen LogP contribution >= 0.6 is 23.1 Å². The van der Waals surface area contributed by atoms with Crippen LogP contribution in [0, 0.1) is 6.92 Å². The van der Waals surface area contributed by atoms with Crippen molar-refractivity contribution in [2.75, 3.05) is 18.2 Å². The van der Waals surface area contributed by atoms with Crippen LogP contribution in [-0.2, 0) is 11.2 Å². The van der Waals surface area contributed by atoms with Gasteiger partial charge in [-0.1, -0.05) is 30.3 Å². The van der Waals surface area contributed by atoms with Crippen molar-refractivity contribution in [1.82, 2.24) is 15.6 Å². The highest BCUT2D eigenvalue weighted by Gasteiger charge is 2.21. The van der Waals surface area contributed by atoms with Gasteiger partial charge in [-0.05, 0) is 6.92 Å². The number of hydrogen-bond acceptors (Lipinski definition) is 5. The van der Waals surface area contributed by atoms with E-state index in [0.717, 1.165) is 34.3 Å². The van der Waals surface area contributed by atoms with Gasteiger partial charge in [0.05, 0.1) is 16.7 Å². The zero-order valence-electron chi connectivity index (χ0n) is 12.5. The molecular weight excluding hydrogens is 314 g/mol. The van der Waals surface area contributed by atoms with Crippen molar-refractivity contribution < 1.29 is 4.79 Å². The molecule has 1 aromatic heterocycles. The number of rotatable bonds is 5. The maximum Gasteiger partial charge on any atom is 0.238 e. The van der Waals surface area contributed by atoms with Crippen molar-refractivity contribution in [3.8, 4) is 11.3 Å². The third-order valence-electron chi connectivity index (χ3n) is 3.56. The van der Waals surface area contributed by atoms with Gasteiger partial charge in [0.2, 0.25) is 5.91 Å². The molecule has 4 nitrogen and oxygen atoms in total. The molecule has 0 bridgehead atoms. The predicted molar refractivity (Wildman–Crippen MR) is 93.2 cm³/mol. The maximum atomic E-state index is 11.9. The first-order valence-corrected chi connectivity index (χ1v) is 9.32. The molecular formula is C16H19N3OS2. The number of thiazole rings is 1. The van der Waals surface area contributed by atoms with E-state index < -0.39 is 0 Å². The number of carbonyl (C=O) groups is 1. The summed E-state index contributed by atoms with van der Waals surface area (Å²) in [4.78, 5) is 17.9. The number of aryl methyl sites for hydroxylation is 1. The number of carbonyl (C=O) groups excluding carboxylic acids is 1. The molecule has 0 saturated carbocycles. The van der Waals surface area contributed by atoms with E-state index in [0.29, 0.717) is 6.54 Å². The van der Waals surface area contributed by atoms with E-state index >= 15 is 0 Å².